The zero-order chi connectivity index (χ0) is 16.5. The molecule has 0 bridgehead atoms. The Balaban J connectivity index is 2.61. The predicted molar refractivity (Wildman–Crippen MR) is 85.6 cm³/mol. The molecule has 0 aliphatic carbocycles. The Kier molecular flexibility index (Phi) is 7.38. The van der Waals surface area contributed by atoms with E-state index in [-0.39, 0.29) is 12.4 Å². The Morgan fingerprint density at radius 2 is 1.91 bits per heavy atom. The van der Waals surface area contributed by atoms with Gasteiger partial charge in [0.25, 0.3) is 5.91 Å². The highest BCUT2D eigenvalue weighted by molar-refractivity contribution is 9.10. The molecule has 1 rings (SSSR count). The molecule has 0 fully saturated rings. The van der Waals surface area contributed by atoms with Gasteiger partial charge in [-0.1, -0.05) is 34.4 Å². The maximum Gasteiger partial charge on any atom is 0.348 e. The van der Waals surface area contributed by atoms with Crippen molar-refractivity contribution < 1.29 is 19.2 Å². The Labute approximate surface area is 136 Å². The fourth-order valence-corrected chi connectivity index (χ4v) is 1.99. The van der Waals surface area contributed by atoms with Crippen LogP contribution in [0.5, 0.6) is 5.75 Å². The zero-order valence-electron chi connectivity index (χ0n) is 12.1. The number of nitrogens with two attached hydrogens (primary N) is 2. The van der Waals surface area contributed by atoms with Gasteiger partial charge in [-0.2, -0.15) is 0 Å². The fourth-order valence-electron chi connectivity index (χ4n) is 1.45. The second kappa shape index (κ2) is 9.04. The Morgan fingerprint density at radius 3 is 2.45 bits per heavy atom. The van der Waals surface area contributed by atoms with Gasteiger partial charge in [-0.3, -0.25) is 4.79 Å². The first-order valence-electron chi connectivity index (χ1n) is 6.64. The summed E-state index contributed by atoms with van der Waals surface area (Å²) in [6.07, 6.45) is 1.50. The molecule has 7 nitrogen and oxygen atoms in total. The highest BCUT2D eigenvalue weighted by atomic mass is 79.9. The van der Waals surface area contributed by atoms with Crippen LogP contribution in [-0.2, 0) is 14.4 Å². The van der Waals surface area contributed by atoms with Gasteiger partial charge in [-0.05, 0) is 30.7 Å². The first-order valence-corrected chi connectivity index (χ1v) is 7.55. The highest BCUT2D eigenvalue weighted by Crippen LogP contribution is 2.13. The number of hydrogen-bond donors (Lipinski definition) is 2. The topological polar surface area (TPSA) is 117 Å². The number of ether oxygens (including phenoxy) is 1. The molecule has 0 aliphatic rings. The van der Waals surface area contributed by atoms with Crippen LogP contribution in [-0.4, -0.2) is 29.1 Å². The van der Waals surface area contributed by atoms with Crippen molar-refractivity contribution in [1.82, 2.24) is 0 Å². The fraction of sp³-hybridized carbons (Fsp3) is 0.357. The molecule has 0 saturated heterocycles. The van der Waals surface area contributed by atoms with Gasteiger partial charge in [0.1, 0.15) is 10.6 Å². The van der Waals surface area contributed by atoms with Gasteiger partial charge >= 0.3 is 5.97 Å². The van der Waals surface area contributed by atoms with Gasteiger partial charge in [0, 0.05) is 5.56 Å². The smallest absolute Gasteiger partial charge is 0.348 e. The van der Waals surface area contributed by atoms with Crippen LogP contribution in [0.2, 0.25) is 0 Å². The van der Waals surface area contributed by atoms with Crippen molar-refractivity contribution in [1.29, 1.82) is 0 Å². The lowest BCUT2D eigenvalue weighted by Crippen LogP contribution is -2.20. The first-order chi connectivity index (χ1) is 10.4. The van der Waals surface area contributed by atoms with Crippen LogP contribution < -0.4 is 16.2 Å². The number of halogens is 1. The van der Waals surface area contributed by atoms with E-state index in [9.17, 15) is 9.59 Å². The maximum atomic E-state index is 11.6. The minimum atomic E-state index is -0.562. The Bertz CT molecular complexity index is 546. The second-order valence-corrected chi connectivity index (χ2v) is 5.53. The van der Waals surface area contributed by atoms with Gasteiger partial charge in [0.2, 0.25) is 0 Å². The summed E-state index contributed by atoms with van der Waals surface area (Å²) in [5.74, 6) is -0.526. The summed E-state index contributed by atoms with van der Waals surface area (Å²) < 4.78 is 5.11. The van der Waals surface area contributed by atoms with Crippen LogP contribution in [0.3, 0.4) is 0 Å². The van der Waals surface area contributed by atoms with Gasteiger partial charge in [0.15, 0.2) is 12.4 Å². The predicted octanol–water partition coefficient (Wildman–Crippen LogP) is 1.28. The van der Waals surface area contributed by atoms with Crippen molar-refractivity contribution in [2.24, 2.45) is 16.6 Å². The lowest BCUT2D eigenvalue weighted by Gasteiger charge is -2.06. The lowest BCUT2D eigenvalue weighted by molar-refractivity contribution is -0.143. The van der Waals surface area contributed by atoms with Gasteiger partial charge < -0.3 is 21.0 Å². The third-order valence-electron chi connectivity index (χ3n) is 2.56. The summed E-state index contributed by atoms with van der Waals surface area (Å²) in [7, 11) is 0. The number of alkyl halides is 1. The monoisotopic (exact) mass is 371 g/mol. The summed E-state index contributed by atoms with van der Waals surface area (Å²) in [5.41, 5.74) is 11.3. The van der Waals surface area contributed by atoms with Gasteiger partial charge in [-0.25, -0.2) is 4.79 Å². The molecule has 4 N–H and O–H groups in total. The third-order valence-corrected chi connectivity index (χ3v) is 3.39. The molecule has 1 unspecified atom stereocenters. The van der Waals surface area contributed by atoms with E-state index in [1.54, 1.807) is 24.3 Å². The summed E-state index contributed by atoms with van der Waals surface area (Å²) >= 11 is 3.21. The summed E-state index contributed by atoms with van der Waals surface area (Å²) in [4.78, 5) is 26.5. The standard InChI is InChI=1S/C14H18BrN3O4/c1-2-3-11(15)14(20)22-18-13(17)9-4-6-10(7-5-9)21-8-12(16)19/h4-7,11H,2-3,8H2,1H3,(H2,16,19)(H2,17,18). The van der Waals surface area contributed by atoms with Crippen molar-refractivity contribution in [2.75, 3.05) is 6.61 Å². The average Bonchev–Trinajstić information content (AvgIpc) is 2.50. The van der Waals surface area contributed by atoms with E-state index in [1.165, 1.54) is 0 Å². The zero-order valence-corrected chi connectivity index (χ0v) is 13.7. The van der Waals surface area contributed by atoms with Crippen LogP contribution in [0, 0.1) is 0 Å². The quantitative estimate of drug-likeness (QED) is 0.234. The Hall–Kier alpha value is -2.09. The van der Waals surface area contributed by atoms with E-state index in [1.807, 2.05) is 6.92 Å². The minimum absolute atomic E-state index is 0.0611. The number of amides is 1. The molecule has 0 radical (unpaired) electrons. The molecule has 0 saturated carbocycles. The molecule has 8 heteroatoms. The third kappa shape index (κ3) is 6.13. The number of primary amides is 1. The van der Waals surface area contributed by atoms with Crippen LogP contribution >= 0.6 is 15.9 Å². The van der Waals surface area contributed by atoms with Crippen molar-refractivity contribution >= 4 is 33.6 Å². The van der Waals surface area contributed by atoms with Gasteiger partial charge in [0.05, 0.1) is 0 Å². The molecule has 0 spiro atoms. The van der Waals surface area contributed by atoms with Gasteiger partial charge in [-0.15, -0.1) is 0 Å². The van der Waals surface area contributed by atoms with Crippen LogP contribution in [0.15, 0.2) is 29.4 Å². The number of carbonyl (C=O) groups excluding carboxylic acids is 2. The highest BCUT2D eigenvalue weighted by Gasteiger charge is 2.15. The molecule has 1 amide bonds. The van der Waals surface area contributed by atoms with Crippen LogP contribution in [0.1, 0.15) is 25.3 Å². The maximum absolute atomic E-state index is 11.6. The summed E-state index contributed by atoms with van der Waals surface area (Å²) in [6.45, 7) is 1.76. The Morgan fingerprint density at radius 1 is 1.27 bits per heavy atom. The molecule has 0 aliphatic heterocycles. The average molecular weight is 372 g/mol. The molecule has 1 atom stereocenters. The summed E-state index contributed by atoms with van der Waals surface area (Å²) in [5, 5.41) is 3.60. The van der Waals surface area contributed by atoms with E-state index < -0.39 is 16.7 Å². The lowest BCUT2D eigenvalue weighted by atomic mass is 10.2. The van der Waals surface area contributed by atoms with E-state index >= 15 is 0 Å². The SMILES string of the molecule is CCCC(Br)C(=O)O/N=C(\N)c1ccc(OCC(N)=O)cc1. The second-order valence-electron chi connectivity index (χ2n) is 4.42. The van der Waals surface area contributed by atoms with E-state index in [0.29, 0.717) is 17.7 Å². The normalized spacial score (nSPS) is 12.5. The number of rotatable bonds is 8. The molecule has 0 heterocycles. The molecule has 1 aromatic carbocycles. The number of nitrogens with zero attached hydrogens (tertiary/aromatic N) is 1. The number of oxime groups is 1. The van der Waals surface area contributed by atoms with Crippen molar-refractivity contribution in [3.05, 3.63) is 29.8 Å². The van der Waals surface area contributed by atoms with E-state index in [2.05, 4.69) is 21.1 Å². The largest absolute Gasteiger partial charge is 0.484 e. The number of carbonyl (C=O) groups is 2. The number of hydrogen-bond acceptors (Lipinski definition) is 5. The van der Waals surface area contributed by atoms with E-state index in [0.717, 1.165) is 6.42 Å². The van der Waals surface area contributed by atoms with E-state index in [4.69, 9.17) is 21.0 Å². The molecular weight excluding hydrogens is 354 g/mol. The molecule has 1 aromatic rings. The van der Waals surface area contributed by atoms with Crippen LogP contribution in [0.25, 0.3) is 0 Å². The van der Waals surface area contributed by atoms with Crippen molar-refractivity contribution in [2.45, 2.75) is 24.6 Å². The molecule has 0 aromatic heterocycles. The number of amidine groups is 1. The molecular formula is C14H18BrN3O4. The summed E-state index contributed by atoms with van der Waals surface area (Å²) in [6, 6.07) is 6.46. The van der Waals surface area contributed by atoms with Crippen molar-refractivity contribution in [3.63, 3.8) is 0 Å². The molecule has 22 heavy (non-hydrogen) atoms. The minimum Gasteiger partial charge on any atom is -0.484 e. The van der Waals surface area contributed by atoms with Crippen LogP contribution in [0.4, 0.5) is 0 Å². The first kappa shape index (κ1) is 18.0. The van der Waals surface area contributed by atoms with Crippen molar-refractivity contribution in [3.8, 4) is 5.75 Å². The number of benzene rings is 1. The molecule has 120 valence electrons.